The predicted molar refractivity (Wildman–Crippen MR) is 182 cm³/mol. The van der Waals surface area contributed by atoms with Crippen molar-refractivity contribution in [1.29, 1.82) is 0 Å². The highest BCUT2D eigenvalue weighted by Gasteiger charge is 2.28. The highest BCUT2D eigenvalue weighted by molar-refractivity contribution is 5.82. The monoisotopic (exact) mass is 647 g/mol. The average Bonchev–Trinajstić information content (AvgIpc) is 3.34. The molecule has 3 aromatic rings. The first-order valence-electron chi connectivity index (χ1n) is 16.3. The van der Waals surface area contributed by atoms with Gasteiger partial charge in [-0.2, -0.15) is 0 Å². The molecule has 1 fully saturated rings. The molecule has 0 bridgehead atoms. The van der Waals surface area contributed by atoms with E-state index < -0.39 is 0 Å². The number of rotatable bonds is 14. The van der Waals surface area contributed by atoms with Crippen LogP contribution in [0.2, 0.25) is 0 Å². The molecule has 0 radical (unpaired) electrons. The van der Waals surface area contributed by atoms with Gasteiger partial charge in [0.25, 0.3) is 0 Å². The fourth-order valence-corrected chi connectivity index (χ4v) is 5.54. The number of ether oxygens (including phenoxy) is 4. The number of aldehydes is 2. The van der Waals surface area contributed by atoms with E-state index in [0.29, 0.717) is 52.7 Å². The first-order valence-corrected chi connectivity index (χ1v) is 16.3. The van der Waals surface area contributed by atoms with Gasteiger partial charge in [-0.25, -0.2) is 0 Å². The lowest BCUT2D eigenvalue weighted by molar-refractivity contribution is -0.130. The van der Waals surface area contributed by atoms with Crippen molar-refractivity contribution in [3.8, 4) is 28.7 Å². The molecule has 0 aliphatic heterocycles. The van der Waals surface area contributed by atoms with Gasteiger partial charge in [-0.05, 0) is 72.9 Å². The van der Waals surface area contributed by atoms with E-state index in [1.54, 1.807) is 48.5 Å². The van der Waals surface area contributed by atoms with Gasteiger partial charge in [0.05, 0.1) is 25.3 Å². The van der Waals surface area contributed by atoms with Gasteiger partial charge in [0.15, 0.2) is 12.6 Å². The topological polar surface area (TPSA) is 120 Å². The van der Waals surface area contributed by atoms with Crippen LogP contribution in [0.4, 0.5) is 0 Å². The number of phenols is 1. The minimum atomic E-state index is -0.193. The maximum atomic E-state index is 12.1. The van der Waals surface area contributed by atoms with Gasteiger partial charge in [-0.15, -0.1) is 0 Å². The zero-order valence-electron chi connectivity index (χ0n) is 28.3. The van der Waals surface area contributed by atoms with Crippen molar-refractivity contribution in [1.82, 2.24) is 5.32 Å². The summed E-state index contributed by atoms with van der Waals surface area (Å²) in [6.45, 7) is 6.66. The Bertz CT molecular complexity index is 1380. The van der Waals surface area contributed by atoms with Gasteiger partial charge < -0.3 is 29.4 Å². The van der Waals surface area contributed by atoms with E-state index in [1.165, 1.54) is 52.7 Å². The molecule has 0 saturated heterocycles. The van der Waals surface area contributed by atoms with Crippen molar-refractivity contribution in [2.45, 2.75) is 91.4 Å². The van der Waals surface area contributed by atoms with E-state index in [0.717, 1.165) is 24.0 Å². The zero-order chi connectivity index (χ0) is 34.2. The third-order valence-electron chi connectivity index (χ3n) is 8.19. The van der Waals surface area contributed by atoms with Crippen molar-refractivity contribution in [3.63, 3.8) is 0 Å². The normalized spacial score (nSPS) is 13.3. The lowest BCUT2D eigenvalue weighted by Crippen LogP contribution is -2.42. The molecule has 9 nitrogen and oxygen atoms in total. The summed E-state index contributed by atoms with van der Waals surface area (Å²) in [5, 5.41) is 13.3. The Morgan fingerprint density at radius 3 is 1.72 bits per heavy atom. The van der Waals surface area contributed by atoms with Crippen LogP contribution in [0.15, 0.2) is 54.6 Å². The third kappa shape index (κ3) is 11.6. The molecule has 0 unspecified atom stereocenters. The number of amides is 1. The molecule has 0 heterocycles. The SMILES string of the molecule is CCCC(C)(C)C(=O)NC1CCCCCC1.COc1cc(OCc2cc(O)cc(COc3ccc(C=O)c(OC)c3)c2)ccc1C=O. The molecule has 254 valence electrons. The first-order chi connectivity index (χ1) is 22.6. The Morgan fingerprint density at radius 2 is 1.30 bits per heavy atom. The number of benzene rings is 3. The number of carbonyl (C=O) groups is 3. The van der Waals surface area contributed by atoms with Gasteiger partial charge in [0.2, 0.25) is 5.91 Å². The second-order valence-electron chi connectivity index (χ2n) is 12.4. The van der Waals surface area contributed by atoms with Crippen molar-refractivity contribution in [2.24, 2.45) is 5.41 Å². The molecular weight excluding hydrogens is 598 g/mol. The molecule has 2 N–H and O–H groups in total. The number of methoxy groups -OCH3 is 2. The van der Waals surface area contributed by atoms with Crippen molar-refractivity contribution in [2.75, 3.05) is 14.2 Å². The summed E-state index contributed by atoms with van der Waals surface area (Å²) in [6.07, 6.45) is 11.1. The summed E-state index contributed by atoms with van der Waals surface area (Å²) in [4.78, 5) is 34.1. The number of aromatic hydroxyl groups is 1. The fourth-order valence-electron chi connectivity index (χ4n) is 5.54. The minimum Gasteiger partial charge on any atom is -0.508 e. The van der Waals surface area contributed by atoms with E-state index in [2.05, 4.69) is 26.1 Å². The number of nitrogens with one attached hydrogen (secondary N) is 1. The lowest BCUT2D eigenvalue weighted by atomic mass is 9.86. The zero-order valence-corrected chi connectivity index (χ0v) is 28.3. The van der Waals surface area contributed by atoms with Crippen molar-refractivity contribution in [3.05, 3.63) is 76.9 Å². The maximum absolute atomic E-state index is 12.1. The van der Waals surface area contributed by atoms with Crippen molar-refractivity contribution < 1.29 is 38.4 Å². The molecule has 4 rings (SSSR count). The van der Waals surface area contributed by atoms with E-state index in [4.69, 9.17) is 18.9 Å². The summed E-state index contributed by atoms with van der Waals surface area (Å²) < 4.78 is 21.9. The summed E-state index contributed by atoms with van der Waals surface area (Å²) >= 11 is 0. The number of hydrogen-bond acceptors (Lipinski definition) is 8. The number of phenolic OH excluding ortho intramolecular Hbond substituents is 1. The van der Waals surface area contributed by atoms with Gasteiger partial charge in [-0.3, -0.25) is 14.4 Å². The van der Waals surface area contributed by atoms with E-state index in [-0.39, 0.29) is 30.3 Å². The Morgan fingerprint density at radius 1 is 0.809 bits per heavy atom. The van der Waals surface area contributed by atoms with Crippen LogP contribution in [0.5, 0.6) is 28.7 Å². The van der Waals surface area contributed by atoms with Gasteiger partial charge in [0.1, 0.15) is 42.0 Å². The molecule has 1 aliphatic rings. The third-order valence-corrected chi connectivity index (χ3v) is 8.19. The van der Waals surface area contributed by atoms with Gasteiger partial charge in [-0.1, -0.05) is 52.9 Å². The van der Waals surface area contributed by atoms with Crippen LogP contribution < -0.4 is 24.3 Å². The first kappa shape index (κ1) is 36.9. The van der Waals surface area contributed by atoms with Crippen LogP contribution in [-0.2, 0) is 18.0 Å². The van der Waals surface area contributed by atoms with Crippen LogP contribution in [0.1, 0.15) is 104 Å². The molecule has 0 atom stereocenters. The Labute approximate surface area is 278 Å². The lowest BCUT2D eigenvalue weighted by Gasteiger charge is -2.26. The van der Waals surface area contributed by atoms with E-state index in [9.17, 15) is 19.5 Å². The summed E-state index contributed by atoms with van der Waals surface area (Å²) in [5.41, 5.74) is 2.16. The van der Waals surface area contributed by atoms with Gasteiger partial charge >= 0.3 is 0 Å². The molecule has 1 aliphatic carbocycles. The molecular formula is C38H49NO8. The Balaban J connectivity index is 0.000000316. The molecule has 1 amide bonds. The molecule has 47 heavy (non-hydrogen) atoms. The van der Waals surface area contributed by atoms with E-state index in [1.807, 2.05) is 6.07 Å². The number of hydrogen-bond donors (Lipinski definition) is 2. The largest absolute Gasteiger partial charge is 0.508 e. The number of carbonyl (C=O) groups excluding carboxylic acids is 3. The van der Waals surface area contributed by atoms with Crippen molar-refractivity contribution >= 4 is 18.5 Å². The second-order valence-corrected chi connectivity index (χ2v) is 12.4. The Kier molecular flexibility index (Phi) is 14.6. The van der Waals surface area contributed by atoms with Crippen LogP contribution in [-0.4, -0.2) is 43.8 Å². The highest BCUT2D eigenvalue weighted by atomic mass is 16.5. The minimum absolute atomic E-state index is 0.0856. The summed E-state index contributed by atoms with van der Waals surface area (Å²) in [7, 11) is 2.96. The molecule has 0 aromatic heterocycles. The highest BCUT2D eigenvalue weighted by Crippen LogP contribution is 2.27. The Hall–Kier alpha value is -4.53. The van der Waals surface area contributed by atoms with Crippen LogP contribution in [0.3, 0.4) is 0 Å². The standard InChI is InChI=1S/C24H22O7.C14H27NO/c1-28-23-10-21(5-3-18(23)12-25)30-14-16-7-17(9-20(27)8-16)15-31-22-6-4-19(13-26)24(11-22)29-2;1-4-11-14(2,3)13(16)15-12-9-7-5-6-8-10-12/h3-13,27H,14-15H2,1-2H3;12H,4-11H2,1-3H3,(H,15,16). The summed E-state index contributed by atoms with van der Waals surface area (Å²) in [5.74, 6) is 2.25. The van der Waals surface area contributed by atoms with Crippen LogP contribution in [0, 0.1) is 5.41 Å². The molecule has 0 spiro atoms. The predicted octanol–water partition coefficient (Wildman–Crippen LogP) is 7.84. The average molecular weight is 648 g/mol. The second kappa shape index (κ2) is 18.6. The smallest absolute Gasteiger partial charge is 0.225 e. The van der Waals surface area contributed by atoms with Crippen LogP contribution >= 0.6 is 0 Å². The molecule has 1 saturated carbocycles. The summed E-state index contributed by atoms with van der Waals surface area (Å²) in [6, 6.07) is 15.3. The van der Waals surface area contributed by atoms with E-state index >= 15 is 0 Å². The quantitative estimate of drug-likeness (QED) is 0.134. The molecule has 9 heteroatoms. The fraction of sp³-hybridized carbons (Fsp3) is 0.447. The van der Waals surface area contributed by atoms with Crippen LogP contribution in [0.25, 0.3) is 0 Å². The van der Waals surface area contributed by atoms with Gasteiger partial charge in [0, 0.05) is 23.6 Å². The maximum Gasteiger partial charge on any atom is 0.225 e. The molecule has 3 aromatic carbocycles.